The van der Waals surface area contributed by atoms with Gasteiger partial charge in [0.2, 0.25) is 6.41 Å². The Labute approximate surface area is 79.7 Å². The molecule has 0 spiro atoms. The van der Waals surface area contributed by atoms with Gasteiger partial charge >= 0.3 is 0 Å². The fourth-order valence-corrected chi connectivity index (χ4v) is 2.18. The summed E-state index contributed by atoms with van der Waals surface area (Å²) in [6, 6.07) is 0.839. The molecule has 1 heterocycles. The second kappa shape index (κ2) is 4.09. The van der Waals surface area contributed by atoms with Gasteiger partial charge in [-0.05, 0) is 19.3 Å². The van der Waals surface area contributed by atoms with Crippen LogP contribution in [0.5, 0.6) is 0 Å². The molecule has 2 fully saturated rings. The Morgan fingerprint density at radius 3 is 2.46 bits per heavy atom. The zero-order valence-corrected chi connectivity index (χ0v) is 8.11. The molecule has 0 atom stereocenters. The Kier molecular flexibility index (Phi) is 2.83. The zero-order valence-electron chi connectivity index (χ0n) is 8.11. The van der Waals surface area contributed by atoms with Crippen molar-refractivity contribution in [1.29, 1.82) is 0 Å². The van der Waals surface area contributed by atoms with E-state index in [2.05, 4.69) is 4.90 Å². The summed E-state index contributed by atoms with van der Waals surface area (Å²) in [6.45, 7) is 4.16. The first-order chi connectivity index (χ1) is 6.40. The molecule has 0 aromatic carbocycles. The van der Waals surface area contributed by atoms with E-state index in [0.29, 0.717) is 0 Å². The van der Waals surface area contributed by atoms with Gasteiger partial charge in [-0.3, -0.25) is 9.69 Å². The zero-order chi connectivity index (χ0) is 9.10. The highest BCUT2D eigenvalue weighted by molar-refractivity contribution is 5.46. The number of carbonyl (C=O) groups is 1. The highest BCUT2D eigenvalue weighted by atomic mass is 16.1. The van der Waals surface area contributed by atoms with E-state index in [1.807, 2.05) is 4.90 Å². The molecule has 0 radical (unpaired) electrons. The van der Waals surface area contributed by atoms with Crippen molar-refractivity contribution in [3.05, 3.63) is 0 Å². The lowest BCUT2D eigenvalue weighted by molar-refractivity contribution is -0.118. The molecule has 1 saturated carbocycles. The summed E-state index contributed by atoms with van der Waals surface area (Å²) in [4.78, 5) is 15.0. The second-order valence-corrected chi connectivity index (χ2v) is 4.12. The van der Waals surface area contributed by atoms with Crippen molar-refractivity contribution in [3.8, 4) is 0 Å². The molecular weight excluding hydrogens is 164 g/mol. The maximum Gasteiger partial charge on any atom is 0.209 e. The lowest BCUT2D eigenvalue weighted by atomic mass is 9.91. The number of hydrogen-bond donors (Lipinski definition) is 0. The molecule has 2 rings (SSSR count). The van der Waals surface area contributed by atoms with Crippen LogP contribution in [-0.4, -0.2) is 48.4 Å². The van der Waals surface area contributed by atoms with Crippen molar-refractivity contribution in [2.24, 2.45) is 0 Å². The fraction of sp³-hybridized carbons (Fsp3) is 0.900. The third kappa shape index (κ3) is 2.02. The smallest absolute Gasteiger partial charge is 0.209 e. The predicted molar refractivity (Wildman–Crippen MR) is 51.5 cm³/mol. The normalized spacial score (nSPS) is 26.6. The van der Waals surface area contributed by atoms with Gasteiger partial charge in [-0.25, -0.2) is 0 Å². The van der Waals surface area contributed by atoms with Crippen molar-refractivity contribution in [1.82, 2.24) is 9.80 Å². The Hall–Kier alpha value is -0.570. The molecule has 0 bridgehead atoms. The summed E-state index contributed by atoms with van der Waals surface area (Å²) in [7, 11) is 0. The van der Waals surface area contributed by atoms with E-state index in [9.17, 15) is 4.79 Å². The van der Waals surface area contributed by atoms with Crippen LogP contribution >= 0.6 is 0 Å². The van der Waals surface area contributed by atoms with Crippen LogP contribution in [-0.2, 0) is 4.79 Å². The quantitative estimate of drug-likeness (QED) is 0.587. The topological polar surface area (TPSA) is 23.6 Å². The number of hydrogen-bond acceptors (Lipinski definition) is 2. The highest BCUT2D eigenvalue weighted by Crippen LogP contribution is 2.25. The van der Waals surface area contributed by atoms with Crippen LogP contribution in [0.1, 0.15) is 25.7 Å². The fourth-order valence-electron chi connectivity index (χ4n) is 2.18. The van der Waals surface area contributed by atoms with Gasteiger partial charge in [0.1, 0.15) is 0 Å². The first-order valence-corrected chi connectivity index (χ1v) is 5.33. The van der Waals surface area contributed by atoms with Crippen molar-refractivity contribution in [3.63, 3.8) is 0 Å². The third-order valence-electron chi connectivity index (χ3n) is 3.31. The molecular formula is C10H18N2O. The molecule has 0 unspecified atom stereocenters. The van der Waals surface area contributed by atoms with Crippen molar-refractivity contribution in [2.45, 2.75) is 31.7 Å². The van der Waals surface area contributed by atoms with Gasteiger partial charge in [0.25, 0.3) is 0 Å². The van der Waals surface area contributed by atoms with Gasteiger partial charge in [0.05, 0.1) is 0 Å². The van der Waals surface area contributed by atoms with Crippen LogP contribution < -0.4 is 0 Å². The van der Waals surface area contributed by atoms with E-state index in [0.717, 1.165) is 38.5 Å². The number of nitrogens with zero attached hydrogens (tertiary/aromatic N) is 2. The molecule has 0 N–H and O–H groups in total. The predicted octanol–water partition coefficient (Wildman–Crippen LogP) is 0.703. The van der Waals surface area contributed by atoms with Crippen LogP contribution in [0.25, 0.3) is 0 Å². The highest BCUT2D eigenvalue weighted by Gasteiger charge is 2.25. The van der Waals surface area contributed by atoms with Gasteiger partial charge in [0.15, 0.2) is 0 Å². The van der Waals surface area contributed by atoms with E-state index in [-0.39, 0.29) is 0 Å². The molecule has 0 aromatic rings. The molecule has 0 aromatic heterocycles. The third-order valence-corrected chi connectivity index (χ3v) is 3.31. The molecule has 1 saturated heterocycles. The lowest BCUT2D eigenvalue weighted by Crippen LogP contribution is -2.42. The molecule has 1 aliphatic heterocycles. The van der Waals surface area contributed by atoms with E-state index < -0.39 is 0 Å². The van der Waals surface area contributed by atoms with Crippen LogP contribution in [0.15, 0.2) is 0 Å². The summed E-state index contributed by atoms with van der Waals surface area (Å²) in [5.41, 5.74) is 0. The summed E-state index contributed by atoms with van der Waals surface area (Å²) in [6.07, 6.45) is 6.29. The molecule has 3 heteroatoms. The molecule has 74 valence electrons. The molecule has 1 aliphatic carbocycles. The standard InChI is InChI=1S/C10H18N2O/c13-9-11-5-2-6-12(8-7-11)10-3-1-4-10/h9-10H,1-8H2. The Balaban J connectivity index is 1.82. The SMILES string of the molecule is O=CN1CCCN(C2CCC2)CC1. The molecule has 13 heavy (non-hydrogen) atoms. The van der Waals surface area contributed by atoms with E-state index in [1.165, 1.54) is 25.8 Å². The average molecular weight is 182 g/mol. The lowest BCUT2D eigenvalue weighted by Gasteiger charge is -2.36. The van der Waals surface area contributed by atoms with Crippen LogP contribution in [0.2, 0.25) is 0 Å². The molecule has 2 aliphatic rings. The average Bonchev–Trinajstić information content (AvgIpc) is 2.27. The number of amides is 1. The minimum Gasteiger partial charge on any atom is -0.344 e. The van der Waals surface area contributed by atoms with E-state index in [1.54, 1.807) is 0 Å². The second-order valence-electron chi connectivity index (χ2n) is 4.12. The summed E-state index contributed by atoms with van der Waals surface area (Å²) >= 11 is 0. The Morgan fingerprint density at radius 2 is 1.85 bits per heavy atom. The summed E-state index contributed by atoms with van der Waals surface area (Å²) < 4.78 is 0. The first kappa shape index (κ1) is 9.00. The number of carbonyl (C=O) groups excluding carboxylic acids is 1. The van der Waals surface area contributed by atoms with Crippen molar-refractivity contribution in [2.75, 3.05) is 26.2 Å². The first-order valence-electron chi connectivity index (χ1n) is 5.33. The monoisotopic (exact) mass is 182 g/mol. The van der Waals surface area contributed by atoms with E-state index >= 15 is 0 Å². The van der Waals surface area contributed by atoms with Crippen molar-refractivity contribution < 1.29 is 4.79 Å². The molecule has 1 amide bonds. The van der Waals surface area contributed by atoms with Gasteiger partial charge in [-0.15, -0.1) is 0 Å². The maximum absolute atomic E-state index is 10.6. The minimum absolute atomic E-state index is 0.839. The minimum atomic E-state index is 0.839. The van der Waals surface area contributed by atoms with E-state index in [4.69, 9.17) is 0 Å². The van der Waals surface area contributed by atoms with Gasteiger partial charge in [-0.2, -0.15) is 0 Å². The summed E-state index contributed by atoms with van der Waals surface area (Å²) in [5.74, 6) is 0. The van der Waals surface area contributed by atoms with Gasteiger partial charge in [0, 0.05) is 32.2 Å². The maximum atomic E-state index is 10.6. The van der Waals surface area contributed by atoms with Crippen LogP contribution in [0.4, 0.5) is 0 Å². The van der Waals surface area contributed by atoms with Crippen LogP contribution in [0.3, 0.4) is 0 Å². The summed E-state index contributed by atoms with van der Waals surface area (Å²) in [5, 5.41) is 0. The number of rotatable bonds is 2. The van der Waals surface area contributed by atoms with Crippen molar-refractivity contribution >= 4 is 6.41 Å². The van der Waals surface area contributed by atoms with Crippen LogP contribution in [0, 0.1) is 0 Å². The van der Waals surface area contributed by atoms with Gasteiger partial charge in [-0.1, -0.05) is 6.42 Å². The van der Waals surface area contributed by atoms with Gasteiger partial charge < -0.3 is 4.90 Å². The largest absolute Gasteiger partial charge is 0.344 e. The molecule has 3 nitrogen and oxygen atoms in total. The Morgan fingerprint density at radius 1 is 1.00 bits per heavy atom. The Bertz CT molecular complexity index is 180.